The predicted molar refractivity (Wildman–Crippen MR) is 83.9 cm³/mol. The van der Waals surface area contributed by atoms with Gasteiger partial charge in [0.25, 0.3) is 0 Å². The van der Waals surface area contributed by atoms with E-state index in [-0.39, 0.29) is 6.03 Å². The number of carbonyl (C=O) groups is 1. The Morgan fingerprint density at radius 2 is 2.10 bits per heavy atom. The van der Waals surface area contributed by atoms with Gasteiger partial charge in [0.05, 0.1) is 0 Å². The van der Waals surface area contributed by atoms with Crippen LogP contribution in [0.5, 0.6) is 0 Å². The van der Waals surface area contributed by atoms with Gasteiger partial charge in [0, 0.05) is 44.6 Å². The molecule has 0 spiro atoms. The number of aromatic nitrogens is 1. The number of nitrogens with one attached hydrogen (secondary N) is 1. The monoisotopic (exact) mass is 290 g/mol. The first-order valence-electron chi connectivity index (χ1n) is 7.75. The van der Waals surface area contributed by atoms with Gasteiger partial charge in [-0.25, -0.2) is 4.79 Å². The highest BCUT2D eigenvalue weighted by Gasteiger charge is 2.34. The van der Waals surface area contributed by atoms with E-state index in [1.54, 1.807) is 0 Å². The average Bonchev–Trinajstić information content (AvgIpc) is 2.43. The van der Waals surface area contributed by atoms with Crippen LogP contribution in [0.15, 0.2) is 24.5 Å². The maximum atomic E-state index is 11.9. The lowest BCUT2D eigenvalue weighted by Crippen LogP contribution is -2.62. The number of amides is 2. The number of likely N-dealkylation sites (N-methyl/N-ethyl adjacent to an activating group) is 1. The zero-order valence-corrected chi connectivity index (χ0v) is 13.2. The van der Waals surface area contributed by atoms with Crippen molar-refractivity contribution in [1.82, 2.24) is 20.1 Å². The summed E-state index contributed by atoms with van der Waals surface area (Å²) in [5.74, 6) is 0.491. The Labute approximate surface area is 127 Å². The maximum absolute atomic E-state index is 11.9. The van der Waals surface area contributed by atoms with E-state index in [1.165, 1.54) is 5.56 Å². The quantitative estimate of drug-likeness (QED) is 0.871. The van der Waals surface area contributed by atoms with Crippen LogP contribution in [0.25, 0.3) is 0 Å². The largest absolute Gasteiger partial charge is 0.338 e. The van der Waals surface area contributed by atoms with Gasteiger partial charge in [-0.3, -0.25) is 9.88 Å². The van der Waals surface area contributed by atoms with Crippen LogP contribution in [0.2, 0.25) is 0 Å². The zero-order valence-electron chi connectivity index (χ0n) is 13.2. The minimum absolute atomic E-state index is 0.0694. The number of hydrogen-bond acceptors (Lipinski definition) is 3. The van der Waals surface area contributed by atoms with Crippen molar-refractivity contribution in [3.63, 3.8) is 0 Å². The molecule has 0 aromatic carbocycles. The lowest BCUT2D eigenvalue weighted by molar-refractivity contribution is 0.0549. The fourth-order valence-corrected chi connectivity index (χ4v) is 2.48. The molecule has 5 nitrogen and oxygen atoms in total. The van der Waals surface area contributed by atoms with E-state index >= 15 is 0 Å². The van der Waals surface area contributed by atoms with Crippen LogP contribution in [-0.4, -0.2) is 53.0 Å². The molecule has 1 aliphatic rings. The summed E-state index contributed by atoms with van der Waals surface area (Å²) in [4.78, 5) is 20.3. The number of pyridine rings is 1. The number of urea groups is 1. The van der Waals surface area contributed by atoms with E-state index in [2.05, 4.69) is 48.1 Å². The number of nitrogens with zero attached hydrogens (tertiary/aromatic N) is 3. The molecule has 0 atom stereocenters. The van der Waals surface area contributed by atoms with Crippen molar-refractivity contribution in [2.45, 2.75) is 33.4 Å². The van der Waals surface area contributed by atoms with Crippen molar-refractivity contribution >= 4 is 6.03 Å². The van der Waals surface area contributed by atoms with Crippen molar-refractivity contribution < 1.29 is 4.79 Å². The van der Waals surface area contributed by atoms with E-state index in [9.17, 15) is 4.79 Å². The van der Waals surface area contributed by atoms with Crippen molar-refractivity contribution in [2.75, 3.05) is 26.2 Å². The van der Waals surface area contributed by atoms with Crippen LogP contribution in [-0.2, 0) is 6.54 Å². The fraction of sp³-hybridized carbons (Fsp3) is 0.625. The fourth-order valence-electron chi connectivity index (χ4n) is 2.48. The average molecular weight is 290 g/mol. The Morgan fingerprint density at radius 3 is 2.67 bits per heavy atom. The molecule has 0 aliphatic carbocycles. The van der Waals surface area contributed by atoms with Gasteiger partial charge in [-0.15, -0.1) is 0 Å². The standard InChI is InChI=1S/C16H26N4O/c1-4-19(10-14-5-7-17-8-6-14)15-11-20(12-15)16(21)18-9-13(2)3/h5-8,13,15H,4,9-12H2,1-3H3,(H,18,21). The molecular formula is C16H26N4O. The van der Waals surface area contributed by atoms with Crippen LogP contribution in [0.4, 0.5) is 4.79 Å². The van der Waals surface area contributed by atoms with Crippen LogP contribution in [0.3, 0.4) is 0 Å². The molecule has 0 saturated carbocycles. The van der Waals surface area contributed by atoms with E-state index in [0.29, 0.717) is 12.0 Å². The van der Waals surface area contributed by atoms with Gasteiger partial charge in [-0.2, -0.15) is 0 Å². The van der Waals surface area contributed by atoms with Crippen LogP contribution >= 0.6 is 0 Å². The molecule has 1 aromatic heterocycles. The highest BCUT2D eigenvalue weighted by atomic mass is 16.2. The highest BCUT2D eigenvalue weighted by molar-refractivity contribution is 5.75. The lowest BCUT2D eigenvalue weighted by Gasteiger charge is -2.45. The second kappa shape index (κ2) is 7.41. The summed E-state index contributed by atoms with van der Waals surface area (Å²) in [5.41, 5.74) is 1.27. The summed E-state index contributed by atoms with van der Waals surface area (Å²) >= 11 is 0. The van der Waals surface area contributed by atoms with E-state index in [0.717, 1.165) is 32.7 Å². The number of carbonyl (C=O) groups excluding carboxylic acids is 1. The topological polar surface area (TPSA) is 48.5 Å². The van der Waals surface area contributed by atoms with Crippen molar-refractivity contribution in [3.8, 4) is 0 Å². The highest BCUT2D eigenvalue weighted by Crippen LogP contribution is 2.17. The first-order chi connectivity index (χ1) is 10.1. The Morgan fingerprint density at radius 1 is 1.43 bits per heavy atom. The molecule has 2 amide bonds. The van der Waals surface area contributed by atoms with Crippen molar-refractivity contribution in [3.05, 3.63) is 30.1 Å². The molecule has 1 fully saturated rings. The first-order valence-corrected chi connectivity index (χ1v) is 7.75. The minimum Gasteiger partial charge on any atom is -0.338 e. The number of rotatable bonds is 6. The molecule has 1 aromatic rings. The summed E-state index contributed by atoms with van der Waals surface area (Å²) < 4.78 is 0. The normalized spacial score (nSPS) is 15.4. The maximum Gasteiger partial charge on any atom is 0.317 e. The van der Waals surface area contributed by atoms with E-state index in [1.807, 2.05) is 17.3 Å². The van der Waals surface area contributed by atoms with Gasteiger partial charge in [0.15, 0.2) is 0 Å². The Bertz CT molecular complexity index is 443. The molecular weight excluding hydrogens is 264 g/mol. The van der Waals surface area contributed by atoms with Crippen molar-refractivity contribution in [1.29, 1.82) is 0 Å². The smallest absolute Gasteiger partial charge is 0.317 e. The second-order valence-electron chi connectivity index (χ2n) is 6.06. The lowest BCUT2D eigenvalue weighted by atomic mass is 10.1. The zero-order chi connectivity index (χ0) is 15.2. The van der Waals surface area contributed by atoms with Crippen LogP contribution in [0, 0.1) is 5.92 Å². The second-order valence-corrected chi connectivity index (χ2v) is 6.06. The van der Waals surface area contributed by atoms with Crippen LogP contribution < -0.4 is 5.32 Å². The van der Waals surface area contributed by atoms with E-state index in [4.69, 9.17) is 0 Å². The third-order valence-corrected chi connectivity index (χ3v) is 3.87. The molecule has 0 unspecified atom stereocenters. The summed E-state index contributed by atoms with van der Waals surface area (Å²) in [6.45, 7) is 10.7. The van der Waals surface area contributed by atoms with Gasteiger partial charge in [0.2, 0.25) is 0 Å². The van der Waals surface area contributed by atoms with Gasteiger partial charge < -0.3 is 10.2 Å². The third kappa shape index (κ3) is 4.43. The van der Waals surface area contributed by atoms with E-state index < -0.39 is 0 Å². The molecule has 1 saturated heterocycles. The van der Waals surface area contributed by atoms with Gasteiger partial charge in [-0.05, 0) is 30.2 Å². The third-order valence-electron chi connectivity index (χ3n) is 3.87. The molecule has 0 bridgehead atoms. The molecule has 5 heteroatoms. The van der Waals surface area contributed by atoms with Gasteiger partial charge in [-0.1, -0.05) is 20.8 Å². The molecule has 2 rings (SSSR count). The van der Waals surface area contributed by atoms with Gasteiger partial charge >= 0.3 is 6.03 Å². The molecule has 1 N–H and O–H groups in total. The Balaban J connectivity index is 1.77. The molecule has 116 valence electrons. The summed E-state index contributed by atoms with van der Waals surface area (Å²) in [6, 6.07) is 4.64. The summed E-state index contributed by atoms with van der Waals surface area (Å²) in [5, 5.41) is 2.97. The molecule has 1 aliphatic heterocycles. The molecule has 21 heavy (non-hydrogen) atoms. The van der Waals surface area contributed by atoms with Crippen molar-refractivity contribution in [2.24, 2.45) is 5.92 Å². The summed E-state index contributed by atoms with van der Waals surface area (Å²) in [6.07, 6.45) is 3.66. The summed E-state index contributed by atoms with van der Waals surface area (Å²) in [7, 11) is 0. The Hall–Kier alpha value is -1.62. The molecule has 2 heterocycles. The Kier molecular flexibility index (Phi) is 5.56. The first kappa shape index (κ1) is 15.8. The van der Waals surface area contributed by atoms with Crippen LogP contribution in [0.1, 0.15) is 26.3 Å². The molecule has 0 radical (unpaired) electrons. The number of likely N-dealkylation sites (tertiary alicyclic amines) is 1. The number of hydrogen-bond donors (Lipinski definition) is 1. The van der Waals surface area contributed by atoms with Gasteiger partial charge in [0.1, 0.15) is 0 Å². The predicted octanol–water partition coefficient (Wildman–Crippen LogP) is 1.95. The minimum atomic E-state index is 0.0694. The SMILES string of the molecule is CCN(Cc1ccncc1)C1CN(C(=O)NCC(C)C)C1.